The van der Waals surface area contributed by atoms with Crippen LogP contribution >= 0.6 is 0 Å². The molecule has 2 heterocycles. The fourth-order valence-electron chi connectivity index (χ4n) is 3.68. The van der Waals surface area contributed by atoms with Crippen molar-refractivity contribution in [3.05, 3.63) is 90.3 Å². The maximum atomic E-state index is 12.8. The van der Waals surface area contributed by atoms with E-state index in [9.17, 15) is 9.59 Å². The molecular weight excluding hydrogens is 404 g/mol. The molecule has 7 heteroatoms. The minimum Gasteiger partial charge on any atom is -0.489 e. The molecule has 164 valence electrons. The lowest BCUT2D eigenvalue weighted by Gasteiger charge is -2.25. The van der Waals surface area contributed by atoms with E-state index in [0.29, 0.717) is 31.0 Å². The Bertz CT molecular complexity index is 1040. The third-order valence-electron chi connectivity index (χ3n) is 5.30. The van der Waals surface area contributed by atoms with E-state index in [1.807, 2.05) is 59.5 Å². The molecule has 1 aromatic heterocycles. The van der Waals surface area contributed by atoms with Gasteiger partial charge in [0.2, 0.25) is 5.91 Å². The molecule has 0 aliphatic carbocycles. The van der Waals surface area contributed by atoms with Gasteiger partial charge < -0.3 is 20.3 Å². The quantitative estimate of drug-likeness (QED) is 0.562. The van der Waals surface area contributed by atoms with Crippen LogP contribution in [0.25, 0.3) is 0 Å². The highest BCUT2D eigenvalue weighted by Crippen LogP contribution is 2.21. The Labute approximate surface area is 187 Å². The zero-order valence-electron chi connectivity index (χ0n) is 17.7. The summed E-state index contributed by atoms with van der Waals surface area (Å²) in [5.74, 6) is 0.778. The zero-order chi connectivity index (χ0) is 22.2. The van der Waals surface area contributed by atoms with Gasteiger partial charge in [0.05, 0.1) is 6.04 Å². The summed E-state index contributed by atoms with van der Waals surface area (Å²) in [5.41, 5.74) is 2.54. The van der Waals surface area contributed by atoms with E-state index < -0.39 is 0 Å². The van der Waals surface area contributed by atoms with Gasteiger partial charge in [-0.1, -0.05) is 42.5 Å². The van der Waals surface area contributed by atoms with Crippen LogP contribution in [-0.2, 0) is 11.4 Å². The summed E-state index contributed by atoms with van der Waals surface area (Å²) < 4.78 is 5.81. The van der Waals surface area contributed by atoms with Crippen LogP contribution in [0.3, 0.4) is 0 Å². The number of benzene rings is 2. The minimum absolute atomic E-state index is 0.131. The van der Waals surface area contributed by atoms with E-state index in [1.54, 1.807) is 24.5 Å². The minimum atomic E-state index is -0.338. The molecule has 1 fully saturated rings. The van der Waals surface area contributed by atoms with Crippen LogP contribution < -0.4 is 15.4 Å². The van der Waals surface area contributed by atoms with Crippen molar-refractivity contribution >= 4 is 17.6 Å². The molecule has 0 saturated carbocycles. The van der Waals surface area contributed by atoms with Gasteiger partial charge in [-0.15, -0.1) is 0 Å². The lowest BCUT2D eigenvalue weighted by atomic mass is 10.1. The van der Waals surface area contributed by atoms with Crippen molar-refractivity contribution in [1.82, 2.24) is 15.2 Å². The maximum absolute atomic E-state index is 12.8. The number of likely N-dealkylation sites (tertiary alicyclic amines) is 1. The molecule has 1 unspecified atom stereocenters. The van der Waals surface area contributed by atoms with Gasteiger partial charge in [-0.2, -0.15) is 0 Å². The largest absolute Gasteiger partial charge is 0.489 e. The lowest BCUT2D eigenvalue weighted by Crippen LogP contribution is -2.40. The van der Waals surface area contributed by atoms with Gasteiger partial charge in [-0.25, -0.2) is 4.79 Å². The molecule has 2 aromatic carbocycles. The number of anilines is 1. The molecule has 1 aliphatic rings. The van der Waals surface area contributed by atoms with Gasteiger partial charge in [-0.3, -0.25) is 9.78 Å². The van der Waals surface area contributed by atoms with E-state index in [-0.39, 0.29) is 18.0 Å². The van der Waals surface area contributed by atoms with Crippen LogP contribution in [0.15, 0.2) is 79.1 Å². The highest BCUT2D eigenvalue weighted by Gasteiger charge is 2.25. The number of carbonyl (C=O) groups is 2. The second kappa shape index (κ2) is 10.4. The number of carbonyl (C=O) groups excluding carboxylic acids is 2. The fourth-order valence-corrected chi connectivity index (χ4v) is 3.68. The van der Waals surface area contributed by atoms with Crippen molar-refractivity contribution in [2.45, 2.75) is 25.5 Å². The number of nitrogens with one attached hydrogen (secondary N) is 2. The number of hydrogen-bond donors (Lipinski definition) is 2. The SMILES string of the molecule is O=C(Nc1cccc(OCc2cccnc2)c1)NC(CN1CCCC1=O)c1ccccc1. The molecule has 1 atom stereocenters. The average Bonchev–Trinajstić information content (AvgIpc) is 3.23. The van der Waals surface area contributed by atoms with E-state index in [2.05, 4.69) is 15.6 Å². The van der Waals surface area contributed by atoms with Crippen molar-refractivity contribution in [2.75, 3.05) is 18.4 Å². The average molecular weight is 431 g/mol. The molecule has 1 saturated heterocycles. The molecule has 0 spiro atoms. The number of ether oxygens (including phenoxy) is 1. The topological polar surface area (TPSA) is 83.6 Å². The Morgan fingerprint density at radius 1 is 1.09 bits per heavy atom. The summed E-state index contributed by atoms with van der Waals surface area (Å²) in [5, 5.41) is 5.88. The van der Waals surface area contributed by atoms with E-state index >= 15 is 0 Å². The molecule has 3 amide bonds. The van der Waals surface area contributed by atoms with Crippen LogP contribution in [-0.4, -0.2) is 34.9 Å². The van der Waals surface area contributed by atoms with Crippen LogP contribution in [0.1, 0.15) is 30.0 Å². The van der Waals surface area contributed by atoms with Gasteiger partial charge in [0.1, 0.15) is 12.4 Å². The van der Waals surface area contributed by atoms with E-state index in [4.69, 9.17) is 4.74 Å². The molecular formula is C25H26N4O3. The van der Waals surface area contributed by atoms with Crippen molar-refractivity contribution in [3.8, 4) is 5.75 Å². The molecule has 0 bridgehead atoms. The number of aromatic nitrogens is 1. The van der Waals surface area contributed by atoms with Crippen molar-refractivity contribution in [2.24, 2.45) is 0 Å². The fraction of sp³-hybridized carbons (Fsp3) is 0.240. The molecule has 3 aromatic rings. The first-order valence-electron chi connectivity index (χ1n) is 10.7. The second-order valence-electron chi connectivity index (χ2n) is 7.68. The van der Waals surface area contributed by atoms with Crippen molar-refractivity contribution in [3.63, 3.8) is 0 Å². The zero-order valence-corrected chi connectivity index (χ0v) is 17.7. The van der Waals surface area contributed by atoms with E-state index in [1.165, 1.54) is 0 Å². The summed E-state index contributed by atoms with van der Waals surface area (Å²) in [6.45, 7) is 1.57. The van der Waals surface area contributed by atoms with E-state index in [0.717, 1.165) is 24.1 Å². The smallest absolute Gasteiger partial charge is 0.319 e. The Hall–Kier alpha value is -3.87. The predicted molar refractivity (Wildman–Crippen MR) is 122 cm³/mol. The maximum Gasteiger partial charge on any atom is 0.319 e. The number of hydrogen-bond acceptors (Lipinski definition) is 4. The molecule has 0 radical (unpaired) electrons. The Balaban J connectivity index is 1.38. The molecule has 32 heavy (non-hydrogen) atoms. The highest BCUT2D eigenvalue weighted by molar-refractivity contribution is 5.89. The number of pyridine rings is 1. The summed E-state index contributed by atoms with van der Waals surface area (Å²) in [7, 11) is 0. The van der Waals surface area contributed by atoms with Gasteiger partial charge >= 0.3 is 6.03 Å². The number of nitrogens with zero attached hydrogens (tertiary/aromatic N) is 2. The second-order valence-corrected chi connectivity index (χ2v) is 7.68. The predicted octanol–water partition coefficient (Wildman–Crippen LogP) is 4.15. The van der Waals surface area contributed by atoms with Gasteiger partial charge in [-0.05, 0) is 30.2 Å². The third-order valence-corrected chi connectivity index (χ3v) is 5.30. The molecule has 4 rings (SSSR count). The van der Waals surface area contributed by atoms with Gasteiger partial charge in [0, 0.05) is 49.2 Å². The normalized spacial score (nSPS) is 14.1. The summed E-state index contributed by atoms with van der Waals surface area (Å²) in [6.07, 6.45) is 4.90. The monoisotopic (exact) mass is 430 g/mol. The summed E-state index contributed by atoms with van der Waals surface area (Å²) >= 11 is 0. The standard InChI is InChI=1S/C25H26N4O3/c30-24-12-6-14-29(24)17-23(20-8-2-1-3-9-20)28-25(31)27-21-10-4-11-22(15-21)32-18-19-7-5-13-26-16-19/h1-5,7-11,13,15-16,23H,6,12,14,17-18H2,(H2,27,28,31). The highest BCUT2D eigenvalue weighted by atomic mass is 16.5. The number of urea groups is 1. The molecule has 1 aliphatic heterocycles. The van der Waals surface area contributed by atoms with Crippen LogP contribution in [0, 0.1) is 0 Å². The van der Waals surface area contributed by atoms with Crippen LogP contribution in [0.2, 0.25) is 0 Å². The molecule has 7 nitrogen and oxygen atoms in total. The Morgan fingerprint density at radius 3 is 2.72 bits per heavy atom. The van der Waals surface area contributed by atoms with Gasteiger partial charge in [0.15, 0.2) is 0 Å². The lowest BCUT2D eigenvalue weighted by molar-refractivity contribution is -0.128. The third kappa shape index (κ3) is 5.85. The van der Waals surface area contributed by atoms with Crippen molar-refractivity contribution < 1.29 is 14.3 Å². The summed E-state index contributed by atoms with van der Waals surface area (Å²) in [6, 6.07) is 20.1. The molecule has 2 N–H and O–H groups in total. The summed E-state index contributed by atoms with van der Waals surface area (Å²) in [4.78, 5) is 30.8. The van der Waals surface area contributed by atoms with Gasteiger partial charge in [0.25, 0.3) is 0 Å². The first-order chi connectivity index (χ1) is 15.7. The number of rotatable bonds is 8. The first-order valence-corrected chi connectivity index (χ1v) is 10.7. The Morgan fingerprint density at radius 2 is 1.97 bits per heavy atom. The Kier molecular flexibility index (Phi) is 6.97. The first kappa shape index (κ1) is 21.4. The van der Waals surface area contributed by atoms with Crippen molar-refractivity contribution in [1.29, 1.82) is 0 Å². The van der Waals surface area contributed by atoms with Crippen LogP contribution in [0.4, 0.5) is 10.5 Å². The van der Waals surface area contributed by atoms with Crippen LogP contribution in [0.5, 0.6) is 5.75 Å². The number of amides is 3.